The van der Waals surface area contributed by atoms with E-state index in [1.165, 1.54) is 5.57 Å². The minimum absolute atomic E-state index is 0.127. The van der Waals surface area contributed by atoms with Crippen molar-refractivity contribution in [1.82, 2.24) is 0 Å². The number of aliphatic hydroxyl groups is 3. The van der Waals surface area contributed by atoms with Gasteiger partial charge in [0.2, 0.25) is 0 Å². The number of rotatable bonds is 3. The summed E-state index contributed by atoms with van der Waals surface area (Å²) in [5.74, 6) is 2.75. The molecule has 0 aromatic rings. The van der Waals surface area contributed by atoms with Gasteiger partial charge in [-0.25, -0.2) is 0 Å². The summed E-state index contributed by atoms with van der Waals surface area (Å²) in [7, 11) is 0. The summed E-state index contributed by atoms with van der Waals surface area (Å²) in [6.45, 7) is 7.72. The lowest BCUT2D eigenvalue weighted by Crippen LogP contribution is -2.55. The van der Waals surface area contributed by atoms with E-state index >= 15 is 0 Å². The van der Waals surface area contributed by atoms with Crippen LogP contribution in [0, 0.1) is 29.1 Å². The van der Waals surface area contributed by atoms with Crippen LogP contribution in [-0.2, 0) is 0 Å². The van der Waals surface area contributed by atoms with Crippen molar-refractivity contribution in [2.75, 3.05) is 0 Å². The van der Waals surface area contributed by atoms with Gasteiger partial charge >= 0.3 is 18.0 Å². The molecule has 3 aliphatic rings. The first-order chi connectivity index (χ1) is 16.5. The lowest BCUT2D eigenvalue weighted by Gasteiger charge is -2.42. The van der Waals surface area contributed by atoms with Crippen LogP contribution in [0.2, 0.25) is 0 Å². The Hall–Kier alpha value is -2.02. The van der Waals surface area contributed by atoms with E-state index in [1.807, 2.05) is 24.1 Å². The second kappa shape index (κ2) is 10.0. The molecular weight excluding hydrogens is 486 g/mol. The van der Waals surface area contributed by atoms with Crippen LogP contribution in [0.1, 0.15) is 58.8 Å². The predicted molar refractivity (Wildman–Crippen MR) is 123 cm³/mol. The molecule has 2 saturated carbocycles. The normalized spacial score (nSPS) is 32.7. The standard InChI is InChI=1S/C27H32F6O3/c1-16(6-4-13-25(36,26(28,29)30)27(31,32)33)21-10-11-22-18(7-5-12-24(21,22)3)8-9-19-14-20(34)15-23(35)17(19)2/h8-10,16,20,22-23,34-36H,2,5-7,11-12,14-15H2,1,3H3/b18-8+,19-9-/t16-,20+,22?,23-,24+/m0/s1. The molecule has 0 aromatic carbocycles. The Balaban J connectivity index is 1.78. The van der Waals surface area contributed by atoms with Crippen molar-refractivity contribution < 1.29 is 41.7 Å². The first-order valence-corrected chi connectivity index (χ1v) is 12.0. The number of halogens is 6. The minimum atomic E-state index is -5.96. The van der Waals surface area contributed by atoms with E-state index in [0.29, 0.717) is 18.4 Å². The van der Waals surface area contributed by atoms with Gasteiger partial charge in [-0.2, -0.15) is 26.3 Å². The maximum Gasteiger partial charge on any atom is 0.438 e. The van der Waals surface area contributed by atoms with Crippen molar-refractivity contribution in [1.29, 1.82) is 0 Å². The highest BCUT2D eigenvalue weighted by Crippen LogP contribution is 2.57. The quantitative estimate of drug-likeness (QED) is 0.247. The van der Waals surface area contributed by atoms with Crippen LogP contribution in [0.3, 0.4) is 0 Å². The van der Waals surface area contributed by atoms with E-state index in [4.69, 9.17) is 0 Å². The average molecular weight is 519 g/mol. The molecule has 0 spiro atoms. The van der Waals surface area contributed by atoms with Crippen molar-refractivity contribution in [2.45, 2.75) is 89.0 Å². The highest BCUT2D eigenvalue weighted by Gasteiger charge is 2.70. The zero-order valence-corrected chi connectivity index (χ0v) is 20.3. The number of aliphatic hydroxyl groups excluding tert-OH is 2. The van der Waals surface area contributed by atoms with Gasteiger partial charge in [-0.3, -0.25) is 0 Å². The molecule has 0 bridgehead atoms. The Morgan fingerprint density at radius 3 is 2.42 bits per heavy atom. The number of hydrogen-bond donors (Lipinski definition) is 3. The molecule has 1 unspecified atom stereocenters. The molecule has 3 aliphatic carbocycles. The van der Waals surface area contributed by atoms with Crippen LogP contribution in [0.5, 0.6) is 0 Å². The third kappa shape index (κ3) is 5.32. The van der Waals surface area contributed by atoms with Gasteiger partial charge in [0.25, 0.3) is 0 Å². The molecule has 5 atom stereocenters. The third-order valence-corrected chi connectivity index (χ3v) is 7.90. The van der Waals surface area contributed by atoms with E-state index in [0.717, 1.165) is 36.3 Å². The smallest absolute Gasteiger partial charge is 0.393 e. The Morgan fingerprint density at radius 1 is 1.17 bits per heavy atom. The summed E-state index contributed by atoms with van der Waals surface area (Å²) >= 11 is 0. The second-order valence-electron chi connectivity index (χ2n) is 10.4. The average Bonchev–Trinajstić information content (AvgIpc) is 3.11. The zero-order valence-electron chi connectivity index (χ0n) is 20.3. The molecule has 0 saturated heterocycles. The van der Waals surface area contributed by atoms with Crippen LogP contribution >= 0.6 is 0 Å². The van der Waals surface area contributed by atoms with E-state index in [2.05, 4.69) is 13.5 Å². The first-order valence-electron chi connectivity index (χ1n) is 12.0. The monoisotopic (exact) mass is 518 g/mol. The zero-order chi connectivity index (χ0) is 27.1. The van der Waals surface area contributed by atoms with Crippen LogP contribution in [-0.4, -0.2) is 45.5 Å². The fraction of sp³-hybridized carbons (Fsp3) is 0.630. The van der Waals surface area contributed by atoms with Crippen molar-refractivity contribution in [3.8, 4) is 11.8 Å². The SMILES string of the molecule is C=C1/C(=C\C=C2/CCC[C@]3(C)C([C@@H](C)CC#CC(O)(C(F)(F)F)C(F)(F)F)=CCC23)C[C@@H](O)C[C@@H]1O. The van der Waals surface area contributed by atoms with Crippen LogP contribution < -0.4 is 0 Å². The number of fused-ring (bicyclic) bond motifs is 1. The maximum absolute atomic E-state index is 12.9. The summed E-state index contributed by atoms with van der Waals surface area (Å²) in [5.41, 5.74) is -1.86. The number of hydrogen-bond acceptors (Lipinski definition) is 3. The topological polar surface area (TPSA) is 60.7 Å². The highest BCUT2D eigenvalue weighted by molar-refractivity contribution is 5.40. The molecule has 3 rings (SSSR count). The molecule has 200 valence electrons. The Kier molecular flexibility index (Phi) is 7.96. The van der Waals surface area contributed by atoms with E-state index < -0.39 is 30.2 Å². The Labute approximate surface area is 207 Å². The van der Waals surface area contributed by atoms with E-state index in [9.17, 15) is 41.7 Å². The summed E-state index contributed by atoms with van der Waals surface area (Å²) < 4.78 is 77.4. The summed E-state index contributed by atoms with van der Waals surface area (Å²) in [6, 6.07) is 0. The van der Waals surface area contributed by atoms with Crippen molar-refractivity contribution >= 4 is 0 Å². The molecule has 0 aromatic heterocycles. The van der Waals surface area contributed by atoms with Crippen molar-refractivity contribution in [3.63, 3.8) is 0 Å². The van der Waals surface area contributed by atoms with Crippen molar-refractivity contribution in [2.24, 2.45) is 17.3 Å². The largest absolute Gasteiger partial charge is 0.438 e. The van der Waals surface area contributed by atoms with Gasteiger partial charge in [0.15, 0.2) is 0 Å². The first kappa shape index (κ1) is 28.5. The van der Waals surface area contributed by atoms with Crippen LogP contribution in [0.4, 0.5) is 26.3 Å². The van der Waals surface area contributed by atoms with Gasteiger partial charge in [0, 0.05) is 12.8 Å². The van der Waals surface area contributed by atoms with Crippen molar-refractivity contribution in [3.05, 3.63) is 47.1 Å². The highest BCUT2D eigenvalue weighted by atomic mass is 19.4. The third-order valence-electron chi connectivity index (χ3n) is 7.90. The van der Waals surface area contributed by atoms with E-state index in [-0.39, 0.29) is 30.1 Å². The molecule has 3 N–H and O–H groups in total. The molecule has 0 aliphatic heterocycles. The van der Waals surface area contributed by atoms with Gasteiger partial charge in [-0.1, -0.05) is 55.7 Å². The van der Waals surface area contributed by atoms with Gasteiger partial charge in [0.1, 0.15) is 0 Å². The van der Waals surface area contributed by atoms with Gasteiger partial charge in [-0.05, 0) is 66.4 Å². The molecule has 0 radical (unpaired) electrons. The van der Waals surface area contributed by atoms with E-state index in [1.54, 1.807) is 6.92 Å². The molecular formula is C27H32F6O3. The fourth-order valence-corrected chi connectivity index (χ4v) is 5.83. The minimum Gasteiger partial charge on any atom is -0.393 e. The summed E-state index contributed by atoms with van der Waals surface area (Å²) in [5, 5.41) is 29.3. The number of allylic oxidation sites excluding steroid dienone is 5. The molecule has 36 heavy (non-hydrogen) atoms. The molecule has 9 heteroatoms. The fourth-order valence-electron chi connectivity index (χ4n) is 5.83. The van der Waals surface area contributed by atoms with Crippen LogP contribution in [0.25, 0.3) is 0 Å². The predicted octanol–water partition coefficient (Wildman–Crippen LogP) is 5.93. The number of alkyl halides is 6. The van der Waals surface area contributed by atoms with Gasteiger partial charge in [-0.15, -0.1) is 0 Å². The molecule has 3 nitrogen and oxygen atoms in total. The van der Waals surface area contributed by atoms with Gasteiger partial charge in [0.05, 0.1) is 12.2 Å². The molecule has 2 fully saturated rings. The maximum atomic E-state index is 12.9. The summed E-state index contributed by atoms with van der Waals surface area (Å²) in [6.07, 6.45) is -3.80. The van der Waals surface area contributed by atoms with Crippen LogP contribution in [0.15, 0.2) is 47.1 Å². The van der Waals surface area contributed by atoms with Gasteiger partial charge < -0.3 is 15.3 Å². The molecule has 0 amide bonds. The Morgan fingerprint density at radius 2 is 1.81 bits per heavy atom. The second-order valence-corrected chi connectivity index (χ2v) is 10.4. The lowest BCUT2D eigenvalue weighted by molar-refractivity contribution is -0.343. The summed E-state index contributed by atoms with van der Waals surface area (Å²) in [4.78, 5) is 0. The lowest BCUT2D eigenvalue weighted by atomic mass is 9.62. The molecule has 0 heterocycles. The Bertz CT molecular complexity index is 1010.